The molecule has 1 nitrogen and oxygen atoms in total. The normalized spacial score (nSPS) is 34.3. The highest BCUT2D eigenvalue weighted by molar-refractivity contribution is 6.69. The van der Waals surface area contributed by atoms with Crippen molar-refractivity contribution >= 4 is 8.24 Å². The molecule has 1 heterocycles. The molecule has 1 aliphatic heterocycles. The minimum Gasteiger partial charge on any atom is -0.530 e. The van der Waals surface area contributed by atoms with Crippen LogP contribution in [0.5, 0.6) is 0 Å². The monoisotopic (exact) mass is 143 g/mol. The van der Waals surface area contributed by atoms with E-state index in [-0.39, 0.29) is 0 Å². The number of hydrogen-bond donors (Lipinski definition) is 1. The smallest absolute Gasteiger partial charge is 0.252 e. The van der Waals surface area contributed by atoms with E-state index in [4.69, 9.17) is 0 Å². The van der Waals surface area contributed by atoms with E-state index in [2.05, 4.69) is 20.1 Å². The van der Waals surface area contributed by atoms with Gasteiger partial charge in [-0.1, -0.05) is 0 Å². The second-order valence-electron chi connectivity index (χ2n) is 3.69. The van der Waals surface area contributed by atoms with Gasteiger partial charge in [-0.25, -0.2) is 0 Å². The van der Waals surface area contributed by atoms with Crippen molar-refractivity contribution in [1.82, 2.24) is 0 Å². The van der Waals surface area contributed by atoms with E-state index in [1.54, 1.807) is 4.57 Å². The molecule has 0 aliphatic carbocycles. The Kier molecular flexibility index (Phi) is 1.96. The molecule has 0 aromatic carbocycles. The lowest BCUT2D eigenvalue weighted by Gasteiger charge is -2.39. The van der Waals surface area contributed by atoms with E-state index in [0.717, 1.165) is 0 Å². The highest BCUT2D eigenvalue weighted by Crippen LogP contribution is 2.10. The Morgan fingerprint density at radius 1 is 1.33 bits per heavy atom. The van der Waals surface area contributed by atoms with Crippen LogP contribution in [0.3, 0.4) is 0 Å². The second kappa shape index (κ2) is 2.43. The molecule has 54 valence electrons. The molecule has 2 heteroatoms. The summed E-state index contributed by atoms with van der Waals surface area (Å²) in [5.41, 5.74) is 0. The van der Waals surface area contributed by atoms with Gasteiger partial charge in [-0.2, -0.15) is 7.05 Å². The van der Waals surface area contributed by atoms with Crippen molar-refractivity contribution in [3.63, 3.8) is 0 Å². The Morgan fingerprint density at radius 2 is 2.00 bits per heavy atom. The third kappa shape index (κ3) is 1.55. The van der Waals surface area contributed by atoms with Crippen molar-refractivity contribution in [1.29, 1.82) is 0 Å². The Labute approximate surface area is 59.1 Å². The van der Waals surface area contributed by atoms with Gasteiger partial charge in [-0.3, -0.25) is 0 Å². The van der Waals surface area contributed by atoms with Crippen molar-refractivity contribution in [3.05, 3.63) is 7.05 Å². The summed E-state index contributed by atoms with van der Waals surface area (Å²) in [6.07, 6.45) is 2.85. The molecule has 9 heavy (non-hydrogen) atoms. The zero-order valence-corrected chi connectivity index (χ0v) is 7.54. The minimum atomic E-state index is -0.888. The van der Waals surface area contributed by atoms with Gasteiger partial charge in [0, 0.05) is 6.54 Å². The van der Waals surface area contributed by atoms with Gasteiger partial charge in [0.05, 0.1) is 0 Å². The molecule has 1 fully saturated rings. The maximum atomic E-state index is 4.13. The van der Waals surface area contributed by atoms with Gasteiger partial charge < -0.3 is 4.57 Å². The molecular formula is C7H17NSi. The number of rotatable bonds is 0. The van der Waals surface area contributed by atoms with E-state index >= 15 is 0 Å². The molecule has 0 spiro atoms. The van der Waals surface area contributed by atoms with E-state index < -0.39 is 8.24 Å². The minimum absolute atomic E-state index is 0.888. The van der Waals surface area contributed by atoms with Gasteiger partial charge in [0.15, 0.2) is 0 Å². The summed E-state index contributed by atoms with van der Waals surface area (Å²) < 4.78 is 1.59. The van der Waals surface area contributed by atoms with Crippen LogP contribution in [-0.4, -0.2) is 14.8 Å². The summed E-state index contributed by atoms with van der Waals surface area (Å²) in [7, 11) is 3.24. The maximum absolute atomic E-state index is 4.13. The average molecular weight is 143 g/mol. The first-order valence-corrected chi connectivity index (χ1v) is 7.02. The standard InChI is InChI=1S/C7H17NSi/c1-8-6-4-5-7-9(8,2)3/h8H,1,4-7H2,2-3H3. The summed E-state index contributed by atoms with van der Waals surface area (Å²) in [6.45, 7) is 6.20. The lowest BCUT2D eigenvalue weighted by atomic mass is 10.3. The van der Waals surface area contributed by atoms with Crippen LogP contribution < -0.4 is 4.57 Å². The van der Waals surface area contributed by atoms with Gasteiger partial charge in [0.1, 0.15) is 0 Å². The number of hydrogen-bond acceptors (Lipinski definition) is 0. The summed E-state index contributed by atoms with van der Waals surface area (Å²) in [4.78, 5) is 0. The Morgan fingerprint density at radius 3 is 2.33 bits per heavy atom. The summed E-state index contributed by atoms with van der Waals surface area (Å²) >= 11 is 0. The number of nitrogens with one attached hydrogen (secondary N) is 1. The highest BCUT2D eigenvalue weighted by atomic mass is 28.3. The predicted molar refractivity (Wildman–Crippen MR) is 42.7 cm³/mol. The van der Waals surface area contributed by atoms with Gasteiger partial charge in [0.25, 0.3) is 8.24 Å². The molecule has 1 unspecified atom stereocenters. The Hall–Kier alpha value is 0.177. The first-order valence-electron chi connectivity index (χ1n) is 3.81. The molecule has 1 N–H and O–H groups in total. The molecule has 0 aromatic heterocycles. The van der Waals surface area contributed by atoms with E-state index in [0.29, 0.717) is 0 Å². The molecule has 1 rings (SSSR count). The topological polar surface area (TPSA) is 4.44 Å². The van der Waals surface area contributed by atoms with Crippen LogP contribution in [0.1, 0.15) is 12.8 Å². The molecule has 0 radical (unpaired) electrons. The van der Waals surface area contributed by atoms with Crippen molar-refractivity contribution in [2.75, 3.05) is 6.54 Å². The molecule has 1 atom stereocenters. The van der Waals surface area contributed by atoms with Crippen molar-refractivity contribution < 1.29 is 4.57 Å². The Bertz CT molecular complexity index is 101. The first kappa shape index (κ1) is 7.29. The molecule has 1 aliphatic rings. The van der Waals surface area contributed by atoms with Crippen LogP contribution in [0.15, 0.2) is 0 Å². The summed E-state index contributed by atoms with van der Waals surface area (Å²) in [6, 6.07) is 1.48. The molecule has 0 saturated carbocycles. The fourth-order valence-corrected chi connectivity index (χ4v) is 3.76. The van der Waals surface area contributed by atoms with E-state index in [1.807, 2.05) is 0 Å². The fraction of sp³-hybridized carbons (Fsp3) is 0.857. The molecule has 1 saturated heterocycles. The van der Waals surface area contributed by atoms with Gasteiger partial charge in [-0.15, -0.1) is 0 Å². The highest BCUT2D eigenvalue weighted by Gasteiger charge is 2.31. The second-order valence-corrected chi connectivity index (χ2v) is 8.67. The van der Waals surface area contributed by atoms with Crippen LogP contribution in [0.25, 0.3) is 0 Å². The van der Waals surface area contributed by atoms with Crippen LogP contribution in [0, 0.1) is 7.05 Å². The van der Waals surface area contributed by atoms with Gasteiger partial charge in [0.2, 0.25) is 0 Å². The third-order valence-corrected chi connectivity index (χ3v) is 6.26. The largest absolute Gasteiger partial charge is 0.530 e. The first-order chi connectivity index (χ1) is 4.13. The molecular weight excluding hydrogens is 126 g/mol. The summed E-state index contributed by atoms with van der Waals surface area (Å²) in [5, 5.41) is 0. The van der Waals surface area contributed by atoms with Crippen molar-refractivity contribution in [2.24, 2.45) is 0 Å². The van der Waals surface area contributed by atoms with E-state index in [9.17, 15) is 0 Å². The molecule has 0 bridgehead atoms. The van der Waals surface area contributed by atoms with Gasteiger partial charge in [-0.05, 0) is 32.0 Å². The summed E-state index contributed by atoms with van der Waals surface area (Å²) in [5.74, 6) is 0. The van der Waals surface area contributed by atoms with Crippen molar-refractivity contribution in [3.8, 4) is 0 Å². The van der Waals surface area contributed by atoms with Crippen LogP contribution in [0.2, 0.25) is 19.1 Å². The molecule has 0 amide bonds. The Balaban J connectivity index is 2.49. The maximum Gasteiger partial charge on any atom is 0.252 e. The lowest BCUT2D eigenvalue weighted by Crippen LogP contribution is -3.18. The predicted octanol–water partition coefficient (Wildman–Crippen LogP) is 0.662. The van der Waals surface area contributed by atoms with Crippen molar-refractivity contribution in [2.45, 2.75) is 32.0 Å². The SMILES string of the molecule is [CH2-][NH+]1CCCC[Si]1(C)C. The fourth-order valence-electron chi connectivity index (χ4n) is 1.42. The van der Waals surface area contributed by atoms with Crippen LogP contribution in [-0.2, 0) is 0 Å². The average Bonchev–Trinajstić information content (AvgIpc) is 1.77. The number of quaternary nitrogens is 1. The molecule has 0 aromatic rings. The van der Waals surface area contributed by atoms with E-state index in [1.165, 1.54) is 25.4 Å². The van der Waals surface area contributed by atoms with Gasteiger partial charge >= 0.3 is 0 Å². The zero-order chi connectivity index (χ0) is 6.91. The van der Waals surface area contributed by atoms with Crippen LogP contribution in [0.4, 0.5) is 0 Å². The quantitative estimate of drug-likeness (QED) is 0.375. The zero-order valence-electron chi connectivity index (χ0n) is 6.54. The van der Waals surface area contributed by atoms with Crippen LogP contribution >= 0.6 is 0 Å². The lowest BCUT2D eigenvalue weighted by molar-refractivity contribution is -0.749. The third-order valence-electron chi connectivity index (χ3n) is 2.49.